The van der Waals surface area contributed by atoms with E-state index in [1.807, 2.05) is 13.8 Å². The van der Waals surface area contributed by atoms with Crippen LogP contribution in [0.1, 0.15) is 38.3 Å². The number of nitrogens with zero attached hydrogens (tertiary/aromatic N) is 2. The minimum absolute atomic E-state index is 0.0763. The molecular formula is C13H20N4O3S. The summed E-state index contributed by atoms with van der Waals surface area (Å²) < 4.78 is 0. The first-order valence-corrected chi connectivity index (χ1v) is 8.01. The lowest BCUT2D eigenvalue weighted by atomic mass is 10.2. The van der Waals surface area contributed by atoms with E-state index in [9.17, 15) is 14.7 Å². The molecule has 1 fully saturated rings. The van der Waals surface area contributed by atoms with Crippen LogP contribution in [-0.4, -0.2) is 49.4 Å². The quantitative estimate of drug-likeness (QED) is 0.770. The third-order valence-electron chi connectivity index (χ3n) is 3.51. The van der Waals surface area contributed by atoms with Crippen molar-refractivity contribution >= 4 is 23.8 Å². The van der Waals surface area contributed by atoms with Crippen LogP contribution in [-0.2, 0) is 4.79 Å². The summed E-state index contributed by atoms with van der Waals surface area (Å²) in [4.78, 5) is 25.3. The van der Waals surface area contributed by atoms with Gasteiger partial charge in [0, 0.05) is 17.5 Å². The van der Waals surface area contributed by atoms with E-state index in [-0.39, 0.29) is 17.4 Å². The number of thioether (sulfide) groups is 1. The molecule has 3 unspecified atom stereocenters. The first-order chi connectivity index (χ1) is 10.0. The summed E-state index contributed by atoms with van der Waals surface area (Å²) >= 11 is 1.53. The van der Waals surface area contributed by atoms with E-state index in [2.05, 4.69) is 15.5 Å². The number of aliphatic carboxylic acids is 1. The maximum Gasteiger partial charge on any atom is 0.327 e. The number of aromatic nitrogens is 2. The predicted molar refractivity (Wildman–Crippen MR) is 80.0 cm³/mol. The van der Waals surface area contributed by atoms with E-state index in [4.69, 9.17) is 0 Å². The Morgan fingerprint density at radius 3 is 3.00 bits per heavy atom. The first kappa shape index (κ1) is 15.7. The van der Waals surface area contributed by atoms with Gasteiger partial charge in [0.25, 0.3) is 0 Å². The van der Waals surface area contributed by atoms with Gasteiger partial charge in [-0.3, -0.25) is 10.00 Å². The summed E-state index contributed by atoms with van der Waals surface area (Å²) in [5, 5.41) is 18.6. The topological polar surface area (TPSA) is 98.3 Å². The number of hydrogen-bond acceptors (Lipinski definition) is 4. The summed E-state index contributed by atoms with van der Waals surface area (Å²) in [5.74, 6) is -0.514. The molecule has 21 heavy (non-hydrogen) atoms. The smallest absolute Gasteiger partial charge is 0.327 e. The average molecular weight is 312 g/mol. The average Bonchev–Trinajstić information content (AvgIpc) is 3.08. The summed E-state index contributed by atoms with van der Waals surface area (Å²) in [6.07, 6.45) is 5.05. The fraction of sp³-hybridized carbons (Fsp3) is 0.615. The van der Waals surface area contributed by atoms with Gasteiger partial charge in [-0.2, -0.15) is 5.10 Å². The zero-order valence-electron chi connectivity index (χ0n) is 12.1. The summed E-state index contributed by atoms with van der Waals surface area (Å²) in [6, 6.07) is -1.32. The van der Waals surface area contributed by atoms with Crippen molar-refractivity contribution in [2.24, 2.45) is 0 Å². The van der Waals surface area contributed by atoms with Crippen molar-refractivity contribution in [2.45, 2.75) is 44.1 Å². The highest BCUT2D eigenvalue weighted by molar-refractivity contribution is 8.00. The van der Waals surface area contributed by atoms with Gasteiger partial charge in [0.1, 0.15) is 6.04 Å². The molecule has 1 saturated heterocycles. The molecular weight excluding hydrogens is 292 g/mol. The van der Waals surface area contributed by atoms with Crippen LogP contribution in [0.3, 0.4) is 0 Å². The number of nitrogens with one attached hydrogen (secondary N) is 2. The molecule has 0 aliphatic carbocycles. The monoisotopic (exact) mass is 312 g/mol. The molecule has 0 bridgehead atoms. The predicted octanol–water partition coefficient (Wildman–Crippen LogP) is 1.81. The first-order valence-electron chi connectivity index (χ1n) is 6.96. The largest absolute Gasteiger partial charge is 0.480 e. The Morgan fingerprint density at radius 1 is 1.67 bits per heavy atom. The van der Waals surface area contributed by atoms with Gasteiger partial charge in [-0.05, 0) is 13.3 Å². The van der Waals surface area contributed by atoms with Crippen LogP contribution in [0.15, 0.2) is 12.4 Å². The van der Waals surface area contributed by atoms with Crippen molar-refractivity contribution in [3.05, 3.63) is 18.0 Å². The summed E-state index contributed by atoms with van der Waals surface area (Å²) in [7, 11) is 0. The molecule has 0 spiro atoms. The van der Waals surface area contributed by atoms with Crippen LogP contribution in [0.4, 0.5) is 4.79 Å². The molecule has 1 aromatic heterocycles. The number of carbonyl (C=O) groups excluding carboxylic acids is 1. The highest BCUT2D eigenvalue weighted by atomic mass is 32.2. The Morgan fingerprint density at radius 2 is 2.43 bits per heavy atom. The molecule has 0 saturated carbocycles. The van der Waals surface area contributed by atoms with Gasteiger partial charge < -0.3 is 10.4 Å². The maximum atomic E-state index is 12.5. The lowest BCUT2D eigenvalue weighted by Gasteiger charge is -2.28. The van der Waals surface area contributed by atoms with Gasteiger partial charge >= 0.3 is 12.0 Å². The number of carbonyl (C=O) groups is 2. The molecule has 1 aliphatic rings. The van der Waals surface area contributed by atoms with E-state index in [0.29, 0.717) is 5.75 Å². The molecule has 0 radical (unpaired) electrons. The van der Waals surface area contributed by atoms with Gasteiger partial charge in [0.15, 0.2) is 0 Å². The van der Waals surface area contributed by atoms with E-state index in [1.54, 1.807) is 12.4 Å². The van der Waals surface area contributed by atoms with E-state index < -0.39 is 12.0 Å². The number of amides is 2. The number of rotatable bonds is 5. The van der Waals surface area contributed by atoms with Crippen LogP contribution in [0.2, 0.25) is 0 Å². The number of carboxylic acid groups (broad SMARTS) is 1. The molecule has 1 aliphatic heterocycles. The highest BCUT2D eigenvalue weighted by Gasteiger charge is 2.41. The Labute approximate surface area is 127 Å². The summed E-state index contributed by atoms with van der Waals surface area (Å²) in [5.41, 5.74) is 0.856. The minimum atomic E-state index is -0.952. The fourth-order valence-electron chi connectivity index (χ4n) is 2.34. The number of aromatic amines is 1. The zero-order valence-corrected chi connectivity index (χ0v) is 12.9. The molecule has 3 atom stereocenters. The molecule has 2 amide bonds. The molecule has 8 heteroatoms. The van der Waals surface area contributed by atoms with Crippen LogP contribution in [0.5, 0.6) is 0 Å². The molecule has 3 N–H and O–H groups in total. The number of H-pyrrole nitrogens is 1. The SMILES string of the molecule is CCCC1SCC(C(=O)O)N1C(=O)NC(C)c1cn[nH]c1. The van der Waals surface area contributed by atoms with Crippen LogP contribution in [0.25, 0.3) is 0 Å². The third-order valence-corrected chi connectivity index (χ3v) is 4.86. The standard InChI is InChI=1S/C13H20N4O3S/c1-3-4-11-17(10(7-21-11)12(18)19)13(20)16-8(2)9-5-14-15-6-9/h5-6,8,10-11H,3-4,7H2,1-2H3,(H,14,15)(H,16,20)(H,18,19). The van der Waals surface area contributed by atoms with Crippen molar-refractivity contribution in [1.29, 1.82) is 0 Å². The number of carboxylic acids is 1. The van der Waals surface area contributed by atoms with Crippen LogP contribution in [0, 0.1) is 0 Å². The molecule has 7 nitrogen and oxygen atoms in total. The highest BCUT2D eigenvalue weighted by Crippen LogP contribution is 2.32. The fourth-order valence-corrected chi connectivity index (χ4v) is 3.85. The van der Waals surface area contributed by atoms with Gasteiger partial charge in [-0.25, -0.2) is 9.59 Å². The molecule has 2 heterocycles. The van der Waals surface area contributed by atoms with Gasteiger partial charge in [0.05, 0.1) is 17.6 Å². The Bertz CT molecular complexity index is 494. The lowest BCUT2D eigenvalue weighted by Crippen LogP contribution is -2.50. The number of urea groups is 1. The van der Waals surface area contributed by atoms with Gasteiger partial charge in [-0.1, -0.05) is 13.3 Å². The van der Waals surface area contributed by atoms with Crippen molar-refractivity contribution in [2.75, 3.05) is 5.75 Å². The second-order valence-corrected chi connectivity index (χ2v) is 6.25. The van der Waals surface area contributed by atoms with Crippen LogP contribution >= 0.6 is 11.8 Å². The van der Waals surface area contributed by atoms with Gasteiger partial charge in [-0.15, -0.1) is 11.8 Å². The molecule has 116 valence electrons. The van der Waals surface area contributed by atoms with E-state index in [1.165, 1.54) is 16.7 Å². The van der Waals surface area contributed by atoms with Crippen molar-refractivity contribution < 1.29 is 14.7 Å². The Balaban J connectivity index is 2.07. The molecule has 0 aromatic carbocycles. The second-order valence-electron chi connectivity index (χ2n) is 5.04. The van der Waals surface area contributed by atoms with Crippen molar-refractivity contribution in [1.82, 2.24) is 20.4 Å². The Hall–Kier alpha value is -1.70. The normalized spacial score (nSPS) is 23.0. The third kappa shape index (κ3) is 3.49. The van der Waals surface area contributed by atoms with E-state index in [0.717, 1.165) is 18.4 Å². The zero-order chi connectivity index (χ0) is 15.4. The van der Waals surface area contributed by atoms with Crippen LogP contribution < -0.4 is 5.32 Å². The second kappa shape index (κ2) is 6.84. The maximum absolute atomic E-state index is 12.5. The Kier molecular flexibility index (Phi) is 5.11. The minimum Gasteiger partial charge on any atom is -0.480 e. The van der Waals surface area contributed by atoms with E-state index >= 15 is 0 Å². The van der Waals surface area contributed by atoms with Crippen molar-refractivity contribution in [3.8, 4) is 0 Å². The molecule has 2 rings (SSSR count). The molecule has 1 aromatic rings. The van der Waals surface area contributed by atoms with Gasteiger partial charge in [0.2, 0.25) is 0 Å². The van der Waals surface area contributed by atoms with Crippen molar-refractivity contribution in [3.63, 3.8) is 0 Å². The number of hydrogen-bond donors (Lipinski definition) is 3. The lowest BCUT2D eigenvalue weighted by molar-refractivity contribution is -0.141. The summed E-state index contributed by atoms with van der Waals surface area (Å²) in [6.45, 7) is 3.87.